The van der Waals surface area contributed by atoms with Crippen molar-refractivity contribution in [1.29, 1.82) is 0 Å². The SMILES string of the molecule is [Li+].[Li+].[O-]B(F)F.[O-]B(F)F. The number of hydrogen-bond donors (Lipinski definition) is 0. The second kappa shape index (κ2) is 16.5. The molecule has 48 valence electrons. The summed E-state index contributed by atoms with van der Waals surface area (Å²) in [7, 11) is -6.83. The molecule has 0 N–H and O–H groups in total. The van der Waals surface area contributed by atoms with Crippen molar-refractivity contribution in [3.05, 3.63) is 0 Å². The van der Waals surface area contributed by atoms with Crippen molar-refractivity contribution in [2.45, 2.75) is 0 Å². The molecule has 0 aliphatic heterocycles. The van der Waals surface area contributed by atoms with Crippen LogP contribution in [0.25, 0.3) is 0 Å². The zero-order valence-electron chi connectivity index (χ0n) is 5.48. The number of rotatable bonds is 0. The molecule has 0 radical (unpaired) electrons. The molecule has 0 spiro atoms. The van der Waals surface area contributed by atoms with Crippen LogP contribution >= 0.6 is 0 Å². The first-order valence-corrected chi connectivity index (χ1v) is 1.34. The van der Waals surface area contributed by atoms with Crippen LogP contribution in [-0.4, -0.2) is 14.9 Å². The predicted molar refractivity (Wildman–Crippen MR) is 15.9 cm³/mol. The first-order chi connectivity index (χ1) is 3.46. The van der Waals surface area contributed by atoms with E-state index in [9.17, 15) is 17.3 Å². The Kier molecular flexibility index (Phi) is 37.1. The van der Waals surface area contributed by atoms with E-state index in [-0.39, 0.29) is 37.7 Å². The fourth-order valence-electron chi connectivity index (χ4n) is 0. The molecule has 0 aliphatic carbocycles. The van der Waals surface area contributed by atoms with E-state index in [2.05, 4.69) is 0 Å². The molecule has 0 aliphatic rings. The van der Waals surface area contributed by atoms with Crippen molar-refractivity contribution >= 4 is 14.9 Å². The maximum Gasteiger partial charge on any atom is 1.00 e. The molecule has 0 heterocycles. The standard InChI is InChI=1S/2BF2O.2Li/c2*2-1(3)4;;/q2*-1;2*+1. The first-order valence-electron chi connectivity index (χ1n) is 1.34. The zero-order chi connectivity index (χ0) is 7.15. The van der Waals surface area contributed by atoms with E-state index in [1.165, 1.54) is 0 Å². The Labute approximate surface area is 80.1 Å². The average molecular weight is 143 g/mol. The third kappa shape index (κ3) is 611. The summed E-state index contributed by atoms with van der Waals surface area (Å²) in [4.78, 5) is 0. The van der Waals surface area contributed by atoms with Crippen LogP contribution in [0.4, 0.5) is 17.3 Å². The Balaban J connectivity index is -0.0000000300. The van der Waals surface area contributed by atoms with Gasteiger partial charge in [0, 0.05) is 0 Å². The van der Waals surface area contributed by atoms with Gasteiger partial charge in [-0.2, -0.15) is 0 Å². The number of halogens is 4. The van der Waals surface area contributed by atoms with Gasteiger partial charge in [0.1, 0.15) is 0 Å². The Hall–Kier alpha value is 0.965. The molecule has 0 saturated heterocycles. The molecule has 0 bridgehead atoms. The van der Waals surface area contributed by atoms with Gasteiger partial charge in [-0.25, -0.2) is 0 Å². The maximum absolute atomic E-state index is 9.78. The van der Waals surface area contributed by atoms with E-state index in [1.54, 1.807) is 0 Å². The summed E-state index contributed by atoms with van der Waals surface area (Å²) in [6.07, 6.45) is 0. The van der Waals surface area contributed by atoms with E-state index in [1.807, 2.05) is 0 Å². The molecule has 0 aromatic carbocycles. The van der Waals surface area contributed by atoms with Crippen molar-refractivity contribution in [2.24, 2.45) is 0 Å². The zero-order valence-corrected chi connectivity index (χ0v) is 5.48. The quantitative estimate of drug-likeness (QED) is 0.250. The minimum absolute atomic E-state index is 0. The van der Waals surface area contributed by atoms with Crippen molar-refractivity contribution in [2.75, 3.05) is 0 Å². The Morgan fingerprint density at radius 2 is 0.700 bits per heavy atom. The van der Waals surface area contributed by atoms with Gasteiger partial charge in [0.05, 0.1) is 0 Å². The molecule has 0 aromatic heterocycles. The van der Waals surface area contributed by atoms with Gasteiger partial charge in [-0.3, -0.25) is 0 Å². The fraction of sp³-hybridized carbons (Fsp3) is 0. The summed E-state index contributed by atoms with van der Waals surface area (Å²) in [6.45, 7) is 0. The molecule has 0 atom stereocenters. The Morgan fingerprint density at radius 3 is 0.700 bits per heavy atom. The molecule has 0 rings (SSSR count). The predicted octanol–water partition coefficient (Wildman–Crippen LogP) is -7.45. The van der Waals surface area contributed by atoms with Gasteiger partial charge in [0.15, 0.2) is 0 Å². The largest absolute Gasteiger partial charge is 1.00 e. The van der Waals surface area contributed by atoms with Crippen LogP contribution in [0.5, 0.6) is 0 Å². The van der Waals surface area contributed by atoms with Crippen molar-refractivity contribution in [3.8, 4) is 0 Å². The van der Waals surface area contributed by atoms with Crippen molar-refractivity contribution < 1.29 is 65.0 Å². The second-order valence-corrected chi connectivity index (χ2v) is 0.521. The van der Waals surface area contributed by atoms with Crippen LogP contribution in [0.15, 0.2) is 0 Å². The first kappa shape index (κ1) is 22.4. The van der Waals surface area contributed by atoms with Gasteiger partial charge >= 0.3 is 52.7 Å². The molecule has 0 unspecified atom stereocenters. The van der Waals surface area contributed by atoms with Gasteiger partial charge < -0.3 is 27.3 Å². The minimum atomic E-state index is -3.42. The number of hydrogen-bond acceptors (Lipinski definition) is 2. The Bertz CT molecular complexity index is 34.7. The van der Waals surface area contributed by atoms with Gasteiger partial charge in [0.2, 0.25) is 0 Å². The molecule has 0 amide bonds. The minimum Gasteiger partial charge on any atom is -0.824 e. The topological polar surface area (TPSA) is 46.1 Å². The van der Waals surface area contributed by atoms with E-state index in [0.717, 1.165) is 0 Å². The van der Waals surface area contributed by atoms with Crippen LogP contribution in [0.3, 0.4) is 0 Å². The third-order valence-electron chi connectivity index (χ3n) is 0. The summed E-state index contributed by atoms with van der Waals surface area (Å²) < 4.78 is 39.1. The van der Waals surface area contributed by atoms with Crippen LogP contribution in [-0.2, 0) is 0 Å². The summed E-state index contributed by atoms with van der Waals surface area (Å²) >= 11 is 0. The molecule has 0 fully saturated rings. The van der Waals surface area contributed by atoms with Gasteiger partial charge in [-0.05, 0) is 0 Å². The fourth-order valence-corrected chi connectivity index (χ4v) is 0. The molecule has 2 nitrogen and oxygen atoms in total. The molecule has 0 saturated carbocycles. The summed E-state index contributed by atoms with van der Waals surface area (Å²) in [5.74, 6) is 0. The monoisotopic (exact) mass is 144 g/mol. The third-order valence-corrected chi connectivity index (χ3v) is 0. The molecular formula is B2F4Li2O2. The molecular weight excluding hydrogens is 143 g/mol. The molecule has 10 heteroatoms. The smallest absolute Gasteiger partial charge is 0.824 e. The van der Waals surface area contributed by atoms with E-state index in [4.69, 9.17) is 10.0 Å². The maximum atomic E-state index is 9.78. The molecule has 10 heavy (non-hydrogen) atoms. The normalized spacial score (nSPS) is 5.40. The molecule has 0 aromatic rings. The van der Waals surface area contributed by atoms with Crippen LogP contribution < -0.4 is 47.8 Å². The summed E-state index contributed by atoms with van der Waals surface area (Å²) in [6, 6.07) is 0. The summed E-state index contributed by atoms with van der Waals surface area (Å²) in [5.41, 5.74) is 0. The van der Waals surface area contributed by atoms with Gasteiger partial charge in [0.25, 0.3) is 0 Å². The second-order valence-electron chi connectivity index (χ2n) is 0.521. The average Bonchev–Trinajstić information content (AvgIpc) is 1.25. The van der Waals surface area contributed by atoms with Crippen LogP contribution in [0.1, 0.15) is 0 Å². The van der Waals surface area contributed by atoms with Gasteiger partial charge in [-0.1, -0.05) is 0 Å². The van der Waals surface area contributed by atoms with Gasteiger partial charge in [-0.15, -0.1) is 0 Å². The summed E-state index contributed by atoms with van der Waals surface area (Å²) in [5, 5.41) is 16.4. The van der Waals surface area contributed by atoms with Crippen molar-refractivity contribution in [1.82, 2.24) is 0 Å². The van der Waals surface area contributed by atoms with Crippen LogP contribution in [0.2, 0.25) is 0 Å². The van der Waals surface area contributed by atoms with E-state index < -0.39 is 14.9 Å². The van der Waals surface area contributed by atoms with E-state index >= 15 is 0 Å². The van der Waals surface area contributed by atoms with Crippen LogP contribution in [0, 0.1) is 0 Å². The van der Waals surface area contributed by atoms with Crippen molar-refractivity contribution in [3.63, 3.8) is 0 Å². The Morgan fingerprint density at radius 1 is 0.700 bits per heavy atom. The van der Waals surface area contributed by atoms with E-state index in [0.29, 0.717) is 0 Å².